The Morgan fingerprint density at radius 3 is 2.62 bits per heavy atom. The average Bonchev–Trinajstić information content (AvgIpc) is 2.64. The van der Waals surface area contributed by atoms with E-state index >= 15 is 0 Å². The van der Waals surface area contributed by atoms with Crippen molar-refractivity contribution in [3.05, 3.63) is 52.7 Å². The first-order chi connectivity index (χ1) is 12.5. The van der Waals surface area contributed by atoms with Gasteiger partial charge in [0.25, 0.3) is 0 Å². The minimum Gasteiger partial charge on any atom is -0.477 e. The number of hydrogen-bond acceptors (Lipinski definition) is 5. The Morgan fingerprint density at radius 2 is 1.96 bits per heavy atom. The summed E-state index contributed by atoms with van der Waals surface area (Å²) in [5.41, 5.74) is 3.39. The average molecular weight is 350 g/mol. The van der Waals surface area contributed by atoms with E-state index in [0.717, 1.165) is 37.2 Å². The van der Waals surface area contributed by atoms with Crippen LogP contribution in [0.25, 0.3) is 0 Å². The number of aromatic nitrogens is 1. The van der Waals surface area contributed by atoms with Crippen LogP contribution in [0.15, 0.2) is 30.3 Å². The number of aromatic carboxylic acids is 1. The molecule has 0 bridgehead atoms. The van der Waals surface area contributed by atoms with Crippen LogP contribution in [-0.2, 0) is 0 Å². The van der Waals surface area contributed by atoms with Crippen molar-refractivity contribution in [1.29, 1.82) is 5.26 Å². The van der Waals surface area contributed by atoms with Crippen molar-refractivity contribution in [2.24, 2.45) is 0 Å². The third-order valence-corrected chi connectivity index (χ3v) is 4.81. The molecule has 1 saturated heterocycles. The zero-order chi connectivity index (χ0) is 18.7. The molecule has 6 nitrogen and oxygen atoms in total. The molecule has 1 aromatic heterocycles. The number of para-hydroxylation sites is 1. The Balaban J connectivity index is 1.69. The van der Waals surface area contributed by atoms with Crippen molar-refractivity contribution in [1.82, 2.24) is 4.98 Å². The summed E-state index contributed by atoms with van der Waals surface area (Å²) in [5.74, 6) is -0.364. The van der Waals surface area contributed by atoms with E-state index in [2.05, 4.69) is 21.3 Å². The van der Waals surface area contributed by atoms with E-state index in [1.807, 2.05) is 37.3 Å². The van der Waals surface area contributed by atoms with E-state index in [9.17, 15) is 15.2 Å². The normalized spacial score (nSPS) is 14.7. The van der Waals surface area contributed by atoms with Crippen molar-refractivity contribution in [3.63, 3.8) is 0 Å². The van der Waals surface area contributed by atoms with Gasteiger partial charge in [-0.1, -0.05) is 18.2 Å². The number of nitrogens with zero attached hydrogens (tertiary/aromatic N) is 3. The fourth-order valence-corrected chi connectivity index (χ4v) is 3.41. The number of benzene rings is 1. The van der Waals surface area contributed by atoms with Crippen molar-refractivity contribution < 1.29 is 9.90 Å². The van der Waals surface area contributed by atoms with Gasteiger partial charge in [-0.05, 0) is 49.9 Å². The quantitative estimate of drug-likeness (QED) is 0.879. The number of carboxylic acids is 1. The van der Waals surface area contributed by atoms with Crippen molar-refractivity contribution in [2.75, 3.05) is 23.3 Å². The predicted octanol–water partition coefficient (Wildman–Crippen LogP) is 3.35. The van der Waals surface area contributed by atoms with E-state index < -0.39 is 5.97 Å². The van der Waals surface area contributed by atoms with Crippen LogP contribution in [0.1, 0.15) is 40.0 Å². The summed E-state index contributed by atoms with van der Waals surface area (Å²) in [7, 11) is 0. The molecule has 3 rings (SSSR count). The van der Waals surface area contributed by atoms with Gasteiger partial charge in [-0.25, -0.2) is 9.78 Å². The van der Waals surface area contributed by atoms with E-state index in [1.54, 1.807) is 6.92 Å². The Bertz CT molecular complexity index is 865. The highest BCUT2D eigenvalue weighted by Crippen LogP contribution is 2.26. The van der Waals surface area contributed by atoms with Gasteiger partial charge < -0.3 is 15.3 Å². The van der Waals surface area contributed by atoms with Crippen LogP contribution >= 0.6 is 0 Å². The molecule has 26 heavy (non-hydrogen) atoms. The molecule has 1 aliphatic heterocycles. The second-order valence-corrected chi connectivity index (χ2v) is 6.66. The number of nitrogens with one attached hydrogen (secondary N) is 1. The summed E-state index contributed by atoms with van der Waals surface area (Å²) < 4.78 is 0. The first-order valence-electron chi connectivity index (χ1n) is 8.71. The van der Waals surface area contributed by atoms with Crippen LogP contribution in [0.3, 0.4) is 0 Å². The molecule has 134 valence electrons. The maximum Gasteiger partial charge on any atom is 0.354 e. The van der Waals surface area contributed by atoms with Gasteiger partial charge in [0.2, 0.25) is 0 Å². The second kappa shape index (κ2) is 7.44. The molecule has 0 amide bonds. The number of hydrogen-bond donors (Lipinski definition) is 2. The molecule has 0 atom stereocenters. The van der Waals surface area contributed by atoms with E-state index in [-0.39, 0.29) is 11.7 Å². The summed E-state index contributed by atoms with van der Waals surface area (Å²) in [6.45, 7) is 5.38. The molecule has 0 saturated carbocycles. The fourth-order valence-electron chi connectivity index (χ4n) is 3.41. The molecule has 2 heterocycles. The summed E-state index contributed by atoms with van der Waals surface area (Å²) in [4.78, 5) is 17.8. The summed E-state index contributed by atoms with van der Waals surface area (Å²) >= 11 is 0. The monoisotopic (exact) mass is 350 g/mol. The van der Waals surface area contributed by atoms with Gasteiger partial charge in [0.15, 0.2) is 5.69 Å². The van der Waals surface area contributed by atoms with Crippen LogP contribution in [0.5, 0.6) is 0 Å². The lowest BCUT2D eigenvalue weighted by molar-refractivity contribution is 0.0689. The lowest BCUT2D eigenvalue weighted by Crippen LogP contribution is -2.39. The predicted molar refractivity (Wildman–Crippen MR) is 101 cm³/mol. The number of anilines is 2. The Morgan fingerprint density at radius 1 is 1.27 bits per heavy atom. The number of carboxylic acid groups (broad SMARTS) is 1. The molecule has 0 spiro atoms. The Kier molecular flexibility index (Phi) is 5.08. The van der Waals surface area contributed by atoms with Gasteiger partial charge in [0.1, 0.15) is 11.9 Å². The molecule has 0 unspecified atom stereocenters. The molecule has 1 aliphatic rings. The molecule has 1 aromatic carbocycles. The lowest BCUT2D eigenvalue weighted by Gasteiger charge is -2.34. The van der Waals surface area contributed by atoms with E-state index in [0.29, 0.717) is 16.9 Å². The third-order valence-electron chi connectivity index (χ3n) is 4.81. The van der Waals surface area contributed by atoms with Crippen LogP contribution in [0, 0.1) is 25.2 Å². The minimum absolute atomic E-state index is 0.0958. The van der Waals surface area contributed by atoms with Crippen molar-refractivity contribution >= 4 is 17.5 Å². The van der Waals surface area contributed by atoms with Gasteiger partial charge in [0.05, 0.1) is 11.3 Å². The van der Waals surface area contributed by atoms with Crippen LogP contribution < -0.4 is 10.2 Å². The fraction of sp³-hybridized carbons (Fsp3) is 0.350. The smallest absolute Gasteiger partial charge is 0.354 e. The Hall–Kier alpha value is -3.07. The molecule has 0 radical (unpaired) electrons. The molecule has 1 fully saturated rings. The van der Waals surface area contributed by atoms with Crippen molar-refractivity contribution in [3.8, 4) is 6.07 Å². The molecule has 0 aliphatic carbocycles. The SMILES string of the molecule is Cc1cc(C)c(C(=O)O)nc1NC1CCN(c2ccccc2C#N)CC1. The van der Waals surface area contributed by atoms with Gasteiger partial charge in [0, 0.05) is 19.1 Å². The summed E-state index contributed by atoms with van der Waals surface area (Å²) in [6, 6.07) is 12.0. The standard InChI is InChI=1S/C20H22N4O2/c1-13-11-14(2)19(23-18(13)20(25)26)22-16-7-9-24(10-8-16)17-6-4-3-5-15(17)12-21/h3-6,11,16H,7-10H2,1-2H3,(H,22,23)(H,25,26). The summed E-state index contributed by atoms with van der Waals surface area (Å²) in [5, 5.41) is 22.0. The first-order valence-corrected chi connectivity index (χ1v) is 8.71. The highest BCUT2D eigenvalue weighted by atomic mass is 16.4. The zero-order valence-electron chi connectivity index (χ0n) is 15.0. The van der Waals surface area contributed by atoms with Gasteiger partial charge in [-0.15, -0.1) is 0 Å². The Labute approximate surface area is 153 Å². The molecule has 2 N–H and O–H groups in total. The number of nitriles is 1. The van der Waals surface area contributed by atoms with Crippen LogP contribution in [-0.4, -0.2) is 35.2 Å². The largest absolute Gasteiger partial charge is 0.477 e. The number of pyridine rings is 1. The molecular weight excluding hydrogens is 328 g/mol. The molecule has 2 aromatic rings. The highest BCUT2D eigenvalue weighted by molar-refractivity contribution is 5.87. The topological polar surface area (TPSA) is 89.2 Å². The van der Waals surface area contributed by atoms with Gasteiger partial charge >= 0.3 is 5.97 Å². The number of piperidine rings is 1. The third kappa shape index (κ3) is 3.62. The van der Waals surface area contributed by atoms with Crippen LogP contribution in [0.2, 0.25) is 0 Å². The lowest BCUT2D eigenvalue weighted by atomic mass is 10.0. The highest BCUT2D eigenvalue weighted by Gasteiger charge is 2.22. The van der Waals surface area contributed by atoms with Gasteiger partial charge in [-0.3, -0.25) is 0 Å². The molecular formula is C20H22N4O2. The van der Waals surface area contributed by atoms with Gasteiger partial charge in [-0.2, -0.15) is 5.26 Å². The van der Waals surface area contributed by atoms with E-state index in [4.69, 9.17) is 0 Å². The maximum atomic E-state index is 11.3. The first kappa shape index (κ1) is 17.7. The molecule has 6 heteroatoms. The van der Waals surface area contributed by atoms with Crippen LogP contribution in [0.4, 0.5) is 11.5 Å². The zero-order valence-corrected chi connectivity index (χ0v) is 15.0. The summed E-state index contributed by atoms with van der Waals surface area (Å²) in [6.07, 6.45) is 1.80. The minimum atomic E-state index is -1.01. The number of carbonyl (C=O) groups is 1. The maximum absolute atomic E-state index is 11.3. The van der Waals surface area contributed by atoms with E-state index in [1.165, 1.54) is 0 Å². The van der Waals surface area contributed by atoms with Crippen molar-refractivity contribution in [2.45, 2.75) is 32.7 Å². The second-order valence-electron chi connectivity index (χ2n) is 6.66. The number of aryl methyl sites for hydroxylation is 2. The number of rotatable bonds is 4.